The number of methoxy groups -OCH3 is 1. The average molecular weight is 419 g/mol. The lowest BCUT2D eigenvalue weighted by Crippen LogP contribution is -2.41. The number of ether oxygens (including phenoxy) is 2. The molecule has 0 saturated heterocycles. The van der Waals surface area contributed by atoms with Gasteiger partial charge in [0.1, 0.15) is 17.1 Å². The summed E-state index contributed by atoms with van der Waals surface area (Å²) in [6, 6.07) is 10.2. The van der Waals surface area contributed by atoms with Crippen molar-refractivity contribution in [2.45, 2.75) is 38.8 Å². The van der Waals surface area contributed by atoms with E-state index in [1.165, 1.54) is 0 Å². The lowest BCUT2D eigenvalue weighted by Gasteiger charge is -2.38. The predicted octanol–water partition coefficient (Wildman–Crippen LogP) is 3.41. The number of anilines is 1. The van der Waals surface area contributed by atoms with Gasteiger partial charge >= 0.3 is 0 Å². The van der Waals surface area contributed by atoms with Crippen LogP contribution in [0.5, 0.6) is 11.5 Å². The number of carbonyl (C=O) groups is 1. The molecule has 1 amide bonds. The Morgan fingerprint density at radius 2 is 1.93 bits per heavy atom. The zero-order valence-electron chi connectivity index (χ0n) is 17.2. The fraction of sp³-hybridized carbons (Fsp3) is 0.381. The average Bonchev–Trinajstić information content (AvgIpc) is 2.60. The van der Waals surface area contributed by atoms with E-state index in [-0.39, 0.29) is 11.9 Å². The molecule has 0 spiro atoms. The zero-order valence-corrected chi connectivity index (χ0v) is 18.0. The number of aryl methyl sites for hydroxylation is 1. The minimum absolute atomic E-state index is 0.250. The van der Waals surface area contributed by atoms with E-state index in [0.717, 1.165) is 17.4 Å². The van der Waals surface area contributed by atoms with Crippen molar-refractivity contribution in [3.63, 3.8) is 0 Å². The Hall–Kier alpha value is -2.74. The van der Waals surface area contributed by atoms with Crippen molar-refractivity contribution in [3.8, 4) is 11.5 Å². The Balaban J connectivity index is 1.88. The minimum Gasteiger partial charge on any atom is -0.497 e. The second-order valence-corrected chi connectivity index (χ2v) is 9.65. The highest BCUT2D eigenvalue weighted by atomic mass is 32.2. The molecule has 1 aliphatic heterocycles. The van der Waals surface area contributed by atoms with Gasteiger partial charge in [-0.2, -0.15) is 0 Å². The third-order valence-electron chi connectivity index (χ3n) is 4.78. The number of benzene rings is 2. The molecule has 2 aromatic rings. The summed E-state index contributed by atoms with van der Waals surface area (Å²) < 4.78 is 36.9. The van der Waals surface area contributed by atoms with Crippen LogP contribution in [-0.4, -0.2) is 33.3 Å². The van der Waals surface area contributed by atoms with Crippen LogP contribution in [-0.2, 0) is 10.0 Å². The topological polar surface area (TPSA) is 93.7 Å². The summed E-state index contributed by atoms with van der Waals surface area (Å²) in [5.41, 5.74) is 1.91. The molecule has 2 aromatic carbocycles. The molecule has 0 aliphatic carbocycles. The van der Waals surface area contributed by atoms with Gasteiger partial charge in [0.15, 0.2) is 0 Å². The number of amides is 1. The maximum absolute atomic E-state index is 12.9. The summed E-state index contributed by atoms with van der Waals surface area (Å²) in [7, 11) is -1.85. The molecule has 29 heavy (non-hydrogen) atoms. The molecule has 1 heterocycles. The van der Waals surface area contributed by atoms with Crippen LogP contribution in [0.25, 0.3) is 0 Å². The van der Waals surface area contributed by atoms with Crippen LogP contribution < -0.4 is 19.5 Å². The first-order chi connectivity index (χ1) is 13.5. The number of nitrogens with one attached hydrogen (secondary N) is 2. The number of fused-ring (bicyclic) bond motifs is 1. The van der Waals surface area contributed by atoms with Gasteiger partial charge in [0.2, 0.25) is 10.0 Å². The lowest BCUT2D eigenvalue weighted by atomic mass is 9.89. The highest BCUT2D eigenvalue weighted by Gasteiger charge is 2.35. The molecule has 0 radical (unpaired) electrons. The zero-order chi connectivity index (χ0) is 21.4. The second-order valence-electron chi connectivity index (χ2n) is 7.90. The molecule has 1 aliphatic rings. The minimum atomic E-state index is -3.44. The van der Waals surface area contributed by atoms with Crippen molar-refractivity contribution >= 4 is 21.6 Å². The van der Waals surface area contributed by atoms with Gasteiger partial charge in [-0.3, -0.25) is 9.52 Å². The Morgan fingerprint density at radius 3 is 2.59 bits per heavy atom. The van der Waals surface area contributed by atoms with E-state index in [0.29, 0.717) is 29.2 Å². The SMILES string of the molecule is COc1ccc2c(c1)OC(C)(C)C[C@@H]2NC(=O)c1ccc(C)c(NS(C)(=O)=O)c1. The van der Waals surface area contributed by atoms with Gasteiger partial charge < -0.3 is 14.8 Å². The predicted molar refractivity (Wildman–Crippen MR) is 112 cm³/mol. The van der Waals surface area contributed by atoms with Crippen molar-refractivity contribution in [3.05, 3.63) is 53.1 Å². The molecular formula is C21H26N2O5S. The largest absolute Gasteiger partial charge is 0.497 e. The molecule has 156 valence electrons. The van der Waals surface area contributed by atoms with Crippen LogP contribution in [0, 0.1) is 6.92 Å². The molecule has 0 saturated carbocycles. The lowest BCUT2D eigenvalue weighted by molar-refractivity contribution is 0.0617. The smallest absolute Gasteiger partial charge is 0.251 e. The van der Waals surface area contributed by atoms with Crippen LogP contribution in [0.15, 0.2) is 36.4 Å². The fourth-order valence-corrected chi connectivity index (χ4v) is 4.02. The summed E-state index contributed by atoms with van der Waals surface area (Å²) in [5.74, 6) is 1.07. The Morgan fingerprint density at radius 1 is 1.21 bits per heavy atom. The van der Waals surface area contributed by atoms with E-state index < -0.39 is 15.6 Å². The third kappa shape index (κ3) is 5.00. The molecule has 0 bridgehead atoms. The van der Waals surface area contributed by atoms with Gasteiger partial charge in [-0.05, 0) is 50.6 Å². The van der Waals surface area contributed by atoms with Gasteiger partial charge in [0.25, 0.3) is 5.91 Å². The first-order valence-corrected chi connectivity index (χ1v) is 11.1. The Labute approximate surface area is 171 Å². The van der Waals surface area contributed by atoms with Crippen molar-refractivity contribution in [1.29, 1.82) is 0 Å². The molecule has 7 nitrogen and oxygen atoms in total. The molecule has 8 heteroatoms. The first kappa shape index (κ1) is 21.0. The molecular weight excluding hydrogens is 392 g/mol. The Bertz CT molecular complexity index is 1050. The van der Waals surface area contributed by atoms with Crippen molar-refractivity contribution < 1.29 is 22.7 Å². The number of sulfonamides is 1. The normalized spacial score (nSPS) is 17.6. The monoisotopic (exact) mass is 418 g/mol. The number of carbonyl (C=O) groups excluding carboxylic acids is 1. The van der Waals surface area contributed by atoms with Crippen LogP contribution in [0.2, 0.25) is 0 Å². The first-order valence-electron chi connectivity index (χ1n) is 9.24. The quantitative estimate of drug-likeness (QED) is 0.776. The van der Waals surface area contributed by atoms with E-state index in [4.69, 9.17) is 9.47 Å². The van der Waals surface area contributed by atoms with E-state index in [2.05, 4.69) is 10.0 Å². The maximum atomic E-state index is 12.9. The molecule has 0 aromatic heterocycles. The van der Waals surface area contributed by atoms with Crippen molar-refractivity contribution in [1.82, 2.24) is 5.32 Å². The maximum Gasteiger partial charge on any atom is 0.251 e. The summed E-state index contributed by atoms with van der Waals surface area (Å²) >= 11 is 0. The summed E-state index contributed by atoms with van der Waals surface area (Å²) in [6.07, 6.45) is 1.67. The fourth-order valence-electron chi connectivity index (χ4n) is 3.40. The highest BCUT2D eigenvalue weighted by Crippen LogP contribution is 2.41. The number of hydrogen-bond donors (Lipinski definition) is 2. The molecule has 2 N–H and O–H groups in total. The molecule has 0 fully saturated rings. The molecule has 0 unspecified atom stereocenters. The Kier molecular flexibility index (Phi) is 5.49. The van der Waals surface area contributed by atoms with E-state index in [1.807, 2.05) is 32.0 Å². The second kappa shape index (κ2) is 7.59. The summed E-state index contributed by atoms with van der Waals surface area (Å²) in [5, 5.41) is 3.06. The standard InChI is InChI=1S/C21H26N2O5S/c1-13-6-7-14(10-17(13)23-29(5,25)26)20(24)22-18-12-21(2,3)28-19-11-15(27-4)8-9-16(18)19/h6-11,18,23H,12H2,1-5H3,(H,22,24)/t18-/m0/s1. The van der Waals surface area contributed by atoms with Crippen LogP contribution in [0.1, 0.15) is 47.8 Å². The molecule has 1 atom stereocenters. The number of hydrogen-bond acceptors (Lipinski definition) is 5. The van der Waals surface area contributed by atoms with Gasteiger partial charge in [-0.1, -0.05) is 6.07 Å². The summed E-state index contributed by atoms with van der Waals surface area (Å²) in [4.78, 5) is 12.9. The van der Waals surface area contributed by atoms with Crippen LogP contribution >= 0.6 is 0 Å². The van der Waals surface area contributed by atoms with Crippen molar-refractivity contribution in [2.75, 3.05) is 18.1 Å². The van der Waals surface area contributed by atoms with Gasteiger partial charge in [-0.25, -0.2) is 8.42 Å². The van der Waals surface area contributed by atoms with E-state index >= 15 is 0 Å². The summed E-state index contributed by atoms with van der Waals surface area (Å²) in [6.45, 7) is 5.71. The number of rotatable bonds is 5. The van der Waals surface area contributed by atoms with E-state index in [9.17, 15) is 13.2 Å². The van der Waals surface area contributed by atoms with Gasteiger partial charge in [-0.15, -0.1) is 0 Å². The highest BCUT2D eigenvalue weighted by molar-refractivity contribution is 7.92. The van der Waals surface area contributed by atoms with E-state index in [1.54, 1.807) is 32.2 Å². The van der Waals surface area contributed by atoms with Gasteiger partial charge in [0.05, 0.1) is 25.1 Å². The van der Waals surface area contributed by atoms with Gasteiger partial charge in [0, 0.05) is 23.6 Å². The van der Waals surface area contributed by atoms with Crippen LogP contribution in [0.3, 0.4) is 0 Å². The van der Waals surface area contributed by atoms with Crippen molar-refractivity contribution in [2.24, 2.45) is 0 Å². The molecule has 3 rings (SSSR count). The van der Waals surface area contributed by atoms with Crippen LogP contribution in [0.4, 0.5) is 5.69 Å². The third-order valence-corrected chi connectivity index (χ3v) is 5.37.